The van der Waals surface area contributed by atoms with Gasteiger partial charge in [0.2, 0.25) is 5.91 Å². The first kappa shape index (κ1) is 24.8. The molecule has 4 aromatic carbocycles. The highest BCUT2D eigenvalue weighted by molar-refractivity contribution is 6.20. The van der Waals surface area contributed by atoms with Crippen LogP contribution in [0.4, 0.5) is 17.2 Å². The van der Waals surface area contributed by atoms with Crippen LogP contribution in [-0.2, 0) is 4.79 Å². The molecule has 6 aromatic rings. The molecule has 0 spiro atoms. The molecule has 41 heavy (non-hydrogen) atoms. The lowest BCUT2D eigenvalue weighted by Gasteiger charge is -2.16. The molecule has 3 heterocycles. The fraction of sp³-hybridized carbons (Fsp3) is 0.152. The fourth-order valence-electron chi connectivity index (χ4n) is 5.98. The Labute approximate surface area is 236 Å². The SMILES string of the molecule is Cc1ccc2ncnc(Nc3cccc(-c4ccc(C(N)=O)c5[nH]c6cc(N7CCCC7=O)ccc6c45)c3C)c2c1. The Bertz CT molecular complexity index is 2040. The van der Waals surface area contributed by atoms with E-state index in [4.69, 9.17) is 5.73 Å². The van der Waals surface area contributed by atoms with E-state index in [0.29, 0.717) is 24.0 Å². The summed E-state index contributed by atoms with van der Waals surface area (Å²) in [4.78, 5) is 39.1. The van der Waals surface area contributed by atoms with Gasteiger partial charge in [-0.25, -0.2) is 9.97 Å². The highest BCUT2D eigenvalue weighted by Gasteiger charge is 2.23. The second kappa shape index (κ2) is 9.45. The topological polar surface area (TPSA) is 117 Å². The van der Waals surface area contributed by atoms with Crippen LogP contribution in [0.25, 0.3) is 43.8 Å². The van der Waals surface area contributed by atoms with Crippen LogP contribution in [-0.4, -0.2) is 33.3 Å². The number of hydrogen-bond donors (Lipinski definition) is 3. The highest BCUT2D eigenvalue weighted by Crippen LogP contribution is 2.40. The van der Waals surface area contributed by atoms with Gasteiger partial charge in [-0.1, -0.05) is 35.9 Å². The smallest absolute Gasteiger partial charge is 0.250 e. The van der Waals surface area contributed by atoms with Gasteiger partial charge < -0.3 is 20.9 Å². The van der Waals surface area contributed by atoms with E-state index in [-0.39, 0.29) is 5.91 Å². The van der Waals surface area contributed by atoms with E-state index < -0.39 is 5.91 Å². The molecular formula is C33H28N6O2. The average molecular weight is 541 g/mol. The molecule has 1 aliphatic rings. The molecule has 2 aromatic heterocycles. The second-order valence-electron chi connectivity index (χ2n) is 10.6. The van der Waals surface area contributed by atoms with Gasteiger partial charge in [0.1, 0.15) is 12.1 Å². The maximum atomic E-state index is 12.4. The van der Waals surface area contributed by atoms with E-state index in [1.807, 2.05) is 53.4 Å². The summed E-state index contributed by atoms with van der Waals surface area (Å²) in [6.45, 7) is 4.84. The van der Waals surface area contributed by atoms with E-state index in [9.17, 15) is 9.59 Å². The first-order chi connectivity index (χ1) is 19.9. The number of carbonyl (C=O) groups excluding carboxylic acids is 2. The van der Waals surface area contributed by atoms with Gasteiger partial charge in [0.25, 0.3) is 5.91 Å². The number of H-pyrrole nitrogens is 1. The summed E-state index contributed by atoms with van der Waals surface area (Å²) in [6, 6.07) is 22.0. The number of amides is 2. The van der Waals surface area contributed by atoms with Crippen molar-refractivity contribution in [3.63, 3.8) is 0 Å². The van der Waals surface area contributed by atoms with E-state index >= 15 is 0 Å². The molecular weight excluding hydrogens is 512 g/mol. The van der Waals surface area contributed by atoms with Crippen LogP contribution in [0.5, 0.6) is 0 Å². The zero-order valence-electron chi connectivity index (χ0n) is 22.8. The van der Waals surface area contributed by atoms with Crippen molar-refractivity contribution in [1.29, 1.82) is 0 Å². The van der Waals surface area contributed by atoms with Gasteiger partial charge in [0.05, 0.1) is 16.6 Å². The van der Waals surface area contributed by atoms with Gasteiger partial charge in [-0.3, -0.25) is 9.59 Å². The van der Waals surface area contributed by atoms with E-state index in [2.05, 4.69) is 46.2 Å². The molecule has 1 aliphatic heterocycles. The van der Waals surface area contributed by atoms with Gasteiger partial charge in [-0.05, 0) is 73.4 Å². The largest absolute Gasteiger partial charge is 0.366 e. The molecule has 8 heteroatoms. The highest BCUT2D eigenvalue weighted by atomic mass is 16.2. The Balaban J connectivity index is 1.39. The second-order valence-corrected chi connectivity index (χ2v) is 10.6. The molecule has 1 saturated heterocycles. The number of nitrogens with zero attached hydrogens (tertiary/aromatic N) is 3. The van der Waals surface area contributed by atoms with Crippen LogP contribution in [0.15, 0.2) is 73.1 Å². The molecule has 2 amide bonds. The lowest BCUT2D eigenvalue weighted by molar-refractivity contribution is -0.117. The summed E-state index contributed by atoms with van der Waals surface area (Å²) >= 11 is 0. The third-order valence-corrected chi connectivity index (χ3v) is 8.06. The van der Waals surface area contributed by atoms with Crippen molar-refractivity contribution >= 4 is 61.7 Å². The predicted molar refractivity (Wildman–Crippen MR) is 164 cm³/mol. The molecule has 0 saturated carbocycles. The molecule has 202 valence electrons. The number of nitrogens with one attached hydrogen (secondary N) is 2. The van der Waals surface area contributed by atoms with Crippen LogP contribution in [0, 0.1) is 13.8 Å². The van der Waals surface area contributed by atoms with Gasteiger partial charge in [0, 0.05) is 46.0 Å². The minimum atomic E-state index is -0.499. The minimum absolute atomic E-state index is 0.130. The van der Waals surface area contributed by atoms with Crippen molar-refractivity contribution in [3.05, 3.63) is 89.7 Å². The Kier molecular flexibility index (Phi) is 5.71. The van der Waals surface area contributed by atoms with Gasteiger partial charge >= 0.3 is 0 Å². The molecule has 0 atom stereocenters. The quantitative estimate of drug-likeness (QED) is 0.230. The van der Waals surface area contributed by atoms with Crippen LogP contribution < -0.4 is 16.0 Å². The fourth-order valence-corrected chi connectivity index (χ4v) is 5.98. The average Bonchev–Trinajstić information content (AvgIpc) is 3.57. The van der Waals surface area contributed by atoms with Crippen molar-refractivity contribution in [1.82, 2.24) is 15.0 Å². The van der Waals surface area contributed by atoms with E-state index in [0.717, 1.165) is 73.1 Å². The van der Waals surface area contributed by atoms with Crippen LogP contribution in [0.1, 0.15) is 34.3 Å². The summed E-state index contributed by atoms with van der Waals surface area (Å²) in [6.07, 6.45) is 2.99. The molecule has 0 radical (unpaired) electrons. The normalized spacial score (nSPS) is 13.5. The molecule has 8 nitrogen and oxygen atoms in total. The number of primary amides is 1. The molecule has 0 bridgehead atoms. The number of anilines is 3. The Morgan fingerprint density at radius 1 is 0.976 bits per heavy atom. The maximum absolute atomic E-state index is 12.4. The maximum Gasteiger partial charge on any atom is 0.250 e. The van der Waals surface area contributed by atoms with E-state index in [1.54, 1.807) is 12.4 Å². The number of carbonyl (C=O) groups is 2. The Morgan fingerprint density at radius 3 is 2.66 bits per heavy atom. The third kappa shape index (κ3) is 4.07. The predicted octanol–water partition coefficient (Wildman–Crippen LogP) is 6.52. The number of rotatable bonds is 5. The van der Waals surface area contributed by atoms with Crippen molar-refractivity contribution in [2.75, 3.05) is 16.8 Å². The van der Waals surface area contributed by atoms with E-state index in [1.165, 1.54) is 0 Å². The van der Waals surface area contributed by atoms with Crippen molar-refractivity contribution in [2.24, 2.45) is 5.73 Å². The zero-order valence-corrected chi connectivity index (χ0v) is 22.8. The summed E-state index contributed by atoms with van der Waals surface area (Å²) in [7, 11) is 0. The molecule has 7 rings (SSSR count). The van der Waals surface area contributed by atoms with Crippen LogP contribution >= 0.6 is 0 Å². The number of aryl methyl sites for hydroxylation is 1. The summed E-state index contributed by atoms with van der Waals surface area (Å²) in [5.74, 6) is 0.371. The van der Waals surface area contributed by atoms with Crippen molar-refractivity contribution < 1.29 is 9.59 Å². The first-order valence-electron chi connectivity index (χ1n) is 13.7. The Hall–Kier alpha value is -5.24. The monoisotopic (exact) mass is 540 g/mol. The number of hydrogen-bond acceptors (Lipinski definition) is 5. The molecule has 0 aliphatic carbocycles. The van der Waals surface area contributed by atoms with Gasteiger partial charge in [-0.15, -0.1) is 0 Å². The van der Waals surface area contributed by atoms with Crippen LogP contribution in [0.2, 0.25) is 0 Å². The first-order valence-corrected chi connectivity index (χ1v) is 13.7. The molecule has 4 N–H and O–H groups in total. The third-order valence-electron chi connectivity index (χ3n) is 8.06. The lowest BCUT2D eigenvalue weighted by atomic mass is 9.93. The lowest BCUT2D eigenvalue weighted by Crippen LogP contribution is -2.23. The number of fused-ring (bicyclic) bond motifs is 4. The number of nitrogens with two attached hydrogens (primary N) is 1. The summed E-state index contributed by atoms with van der Waals surface area (Å²) in [5, 5.41) is 6.36. The van der Waals surface area contributed by atoms with Crippen LogP contribution in [0.3, 0.4) is 0 Å². The minimum Gasteiger partial charge on any atom is -0.366 e. The number of benzene rings is 4. The van der Waals surface area contributed by atoms with Crippen molar-refractivity contribution in [3.8, 4) is 11.1 Å². The van der Waals surface area contributed by atoms with Gasteiger partial charge in [-0.2, -0.15) is 0 Å². The van der Waals surface area contributed by atoms with Gasteiger partial charge in [0.15, 0.2) is 0 Å². The standard InChI is InChI=1S/C33H28N6O2/c1-18-8-13-27-25(15-18)33(36-17-35-27)38-26-6-3-5-21(19(26)2)22-11-12-24(32(34)41)31-30(22)23-10-9-20(16-28(23)37-31)39-14-4-7-29(39)40/h3,5-6,8-13,15-17,37H,4,7,14H2,1-2H3,(H2,34,41)(H,35,36,38). The van der Waals surface area contributed by atoms with Crippen molar-refractivity contribution in [2.45, 2.75) is 26.7 Å². The zero-order chi connectivity index (χ0) is 28.2. The molecule has 1 fully saturated rings. The summed E-state index contributed by atoms with van der Waals surface area (Å²) in [5.41, 5.74) is 14.6. The summed E-state index contributed by atoms with van der Waals surface area (Å²) < 4.78 is 0. The number of aromatic amines is 1. The molecule has 0 unspecified atom stereocenters. The Morgan fingerprint density at radius 2 is 1.85 bits per heavy atom. The number of aromatic nitrogens is 3.